The van der Waals surface area contributed by atoms with Gasteiger partial charge in [-0.3, -0.25) is 9.48 Å². The lowest BCUT2D eigenvalue weighted by Crippen LogP contribution is -2.20. The summed E-state index contributed by atoms with van der Waals surface area (Å²) in [6, 6.07) is 9.41. The van der Waals surface area contributed by atoms with Gasteiger partial charge < -0.3 is 10.4 Å². The zero-order chi connectivity index (χ0) is 14.5. The van der Waals surface area contributed by atoms with Gasteiger partial charge in [-0.1, -0.05) is 12.1 Å². The van der Waals surface area contributed by atoms with Crippen LogP contribution in [0.2, 0.25) is 0 Å². The number of rotatable bonds is 5. The van der Waals surface area contributed by atoms with Gasteiger partial charge in [-0.2, -0.15) is 5.10 Å². The second-order valence-corrected chi connectivity index (χ2v) is 4.80. The average molecular weight is 273 g/mol. The first-order chi connectivity index (χ1) is 9.58. The summed E-state index contributed by atoms with van der Waals surface area (Å²) in [5, 5.41) is 15.9. The third-order valence-corrected chi connectivity index (χ3v) is 3.03. The highest BCUT2D eigenvalue weighted by molar-refractivity contribution is 5.90. The molecule has 0 spiro atoms. The zero-order valence-corrected chi connectivity index (χ0v) is 11.8. The summed E-state index contributed by atoms with van der Waals surface area (Å²) in [6.45, 7) is 4.17. The molecule has 1 heterocycles. The minimum atomic E-state index is -0.105. The van der Waals surface area contributed by atoms with Crippen LogP contribution in [-0.4, -0.2) is 27.4 Å². The number of carbonyl (C=O) groups is 1. The van der Waals surface area contributed by atoms with Gasteiger partial charge in [0.05, 0.1) is 5.69 Å². The molecule has 0 aliphatic carbocycles. The normalized spacial score (nSPS) is 10.6. The Morgan fingerprint density at radius 2 is 2.00 bits per heavy atom. The van der Waals surface area contributed by atoms with Gasteiger partial charge >= 0.3 is 0 Å². The fourth-order valence-corrected chi connectivity index (χ4v) is 2.06. The van der Waals surface area contributed by atoms with E-state index in [1.165, 1.54) is 0 Å². The van der Waals surface area contributed by atoms with Crippen molar-refractivity contribution in [2.75, 3.05) is 11.9 Å². The van der Waals surface area contributed by atoms with Gasteiger partial charge in [-0.05, 0) is 44.0 Å². The van der Waals surface area contributed by atoms with Gasteiger partial charge in [-0.25, -0.2) is 0 Å². The molecule has 0 saturated heterocycles. The molecule has 0 bridgehead atoms. The molecule has 0 fully saturated rings. The summed E-state index contributed by atoms with van der Waals surface area (Å²) < 4.78 is 1.69. The van der Waals surface area contributed by atoms with Crippen LogP contribution in [0.1, 0.15) is 17.0 Å². The van der Waals surface area contributed by atoms with E-state index in [9.17, 15) is 4.79 Å². The Balaban J connectivity index is 1.95. The van der Waals surface area contributed by atoms with Crippen LogP contribution in [0.25, 0.3) is 0 Å². The van der Waals surface area contributed by atoms with Crippen molar-refractivity contribution in [3.63, 3.8) is 0 Å². The highest BCUT2D eigenvalue weighted by Crippen LogP contribution is 2.10. The number of amides is 1. The van der Waals surface area contributed by atoms with E-state index >= 15 is 0 Å². The van der Waals surface area contributed by atoms with Crippen LogP contribution < -0.4 is 5.32 Å². The highest BCUT2D eigenvalue weighted by Gasteiger charge is 2.07. The summed E-state index contributed by atoms with van der Waals surface area (Å²) >= 11 is 0. The number of benzene rings is 1. The minimum Gasteiger partial charge on any atom is -0.396 e. The summed E-state index contributed by atoms with van der Waals surface area (Å²) in [4.78, 5) is 11.9. The van der Waals surface area contributed by atoms with Crippen molar-refractivity contribution in [1.82, 2.24) is 9.78 Å². The van der Waals surface area contributed by atoms with Crippen molar-refractivity contribution in [3.8, 4) is 0 Å². The van der Waals surface area contributed by atoms with E-state index in [4.69, 9.17) is 5.11 Å². The van der Waals surface area contributed by atoms with Gasteiger partial charge in [-0.15, -0.1) is 0 Å². The lowest BCUT2D eigenvalue weighted by molar-refractivity contribution is -0.116. The lowest BCUT2D eigenvalue weighted by atomic mass is 10.1. The summed E-state index contributed by atoms with van der Waals surface area (Å²) in [7, 11) is 0. The van der Waals surface area contributed by atoms with Crippen LogP contribution in [-0.2, 0) is 17.8 Å². The molecule has 0 saturated carbocycles. The first-order valence-corrected chi connectivity index (χ1v) is 6.59. The van der Waals surface area contributed by atoms with E-state index in [0.717, 1.165) is 22.6 Å². The van der Waals surface area contributed by atoms with Crippen molar-refractivity contribution in [3.05, 3.63) is 47.3 Å². The third kappa shape index (κ3) is 3.68. The van der Waals surface area contributed by atoms with Crippen molar-refractivity contribution in [2.45, 2.75) is 26.8 Å². The molecule has 2 rings (SSSR count). The number of aliphatic hydroxyl groups is 1. The Bertz CT molecular complexity index is 588. The minimum absolute atomic E-state index is 0.105. The molecule has 5 nitrogen and oxygen atoms in total. The molecular weight excluding hydrogens is 254 g/mol. The van der Waals surface area contributed by atoms with E-state index in [1.54, 1.807) is 4.68 Å². The summed E-state index contributed by atoms with van der Waals surface area (Å²) in [5.74, 6) is -0.105. The molecule has 0 aliphatic rings. The molecule has 1 aromatic heterocycles. The van der Waals surface area contributed by atoms with E-state index in [2.05, 4.69) is 10.4 Å². The molecular formula is C15H19N3O2. The number of nitrogens with one attached hydrogen (secondary N) is 1. The zero-order valence-electron chi connectivity index (χ0n) is 11.8. The maximum atomic E-state index is 11.9. The molecule has 5 heteroatoms. The Labute approximate surface area is 118 Å². The fraction of sp³-hybridized carbons (Fsp3) is 0.333. The third-order valence-electron chi connectivity index (χ3n) is 3.03. The van der Waals surface area contributed by atoms with Crippen LogP contribution in [0.5, 0.6) is 0 Å². The van der Waals surface area contributed by atoms with Crippen molar-refractivity contribution < 1.29 is 9.90 Å². The lowest BCUT2D eigenvalue weighted by Gasteiger charge is -2.07. The number of anilines is 1. The van der Waals surface area contributed by atoms with Crippen LogP contribution in [0.15, 0.2) is 30.3 Å². The fourth-order valence-electron chi connectivity index (χ4n) is 2.06. The molecule has 20 heavy (non-hydrogen) atoms. The SMILES string of the molecule is Cc1cc(C)n(CC(=O)Nc2ccc(CCO)cc2)n1. The van der Waals surface area contributed by atoms with Crippen LogP contribution in [0.4, 0.5) is 5.69 Å². The van der Waals surface area contributed by atoms with Crippen LogP contribution in [0, 0.1) is 13.8 Å². The van der Waals surface area contributed by atoms with Gasteiger partial charge in [0.2, 0.25) is 5.91 Å². The number of hydrogen-bond donors (Lipinski definition) is 2. The molecule has 2 aromatic rings. The molecule has 0 aliphatic heterocycles. The van der Waals surface area contributed by atoms with E-state index in [0.29, 0.717) is 6.42 Å². The number of carbonyl (C=O) groups excluding carboxylic acids is 1. The predicted molar refractivity (Wildman–Crippen MR) is 77.6 cm³/mol. The Morgan fingerprint density at radius 1 is 1.30 bits per heavy atom. The van der Waals surface area contributed by atoms with Crippen molar-refractivity contribution in [1.29, 1.82) is 0 Å². The van der Waals surface area contributed by atoms with Crippen molar-refractivity contribution >= 4 is 11.6 Å². The van der Waals surface area contributed by atoms with Gasteiger partial charge in [0.25, 0.3) is 0 Å². The number of aliphatic hydroxyl groups excluding tert-OH is 1. The summed E-state index contributed by atoms with van der Waals surface area (Å²) in [5.41, 5.74) is 3.67. The second-order valence-electron chi connectivity index (χ2n) is 4.80. The smallest absolute Gasteiger partial charge is 0.246 e. The van der Waals surface area contributed by atoms with Gasteiger partial charge in [0, 0.05) is 18.0 Å². The molecule has 1 amide bonds. The van der Waals surface area contributed by atoms with Crippen LogP contribution >= 0.6 is 0 Å². The van der Waals surface area contributed by atoms with E-state index < -0.39 is 0 Å². The molecule has 106 valence electrons. The monoisotopic (exact) mass is 273 g/mol. The van der Waals surface area contributed by atoms with Crippen molar-refractivity contribution in [2.24, 2.45) is 0 Å². The molecule has 0 atom stereocenters. The average Bonchev–Trinajstić information content (AvgIpc) is 2.70. The standard InChI is InChI=1S/C15H19N3O2/c1-11-9-12(2)18(17-11)10-15(20)16-14-5-3-13(4-6-14)7-8-19/h3-6,9,19H,7-8,10H2,1-2H3,(H,16,20). The quantitative estimate of drug-likeness (QED) is 0.871. The number of aryl methyl sites for hydroxylation is 2. The Hall–Kier alpha value is -2.14. The Kier molecular flexibility index (Phi) is 4.53. The largest absolute Gasteiger partial charge is 0.396 e. The highest BCUT2D eigenvalue weighted by atomic mass is 16.3. The molecule has 2 N–H and O–H groups in total. The van der Waals surface area contributed by atoms with Gasteiger partial charge in [0.1, 0.15) is 6.54 Å². The second kappa shape index (κ2) is 6.34. The number of aromatic nitrogens is 2. The van der Waals surface area contributed by atoms with E-state index in [1.807, 2.05) is 44.2 Å². The van der Waals surface area contributed by atoms with Crippen LogP contribution in [0.3, 0.4) is 0 Å². The van der Waals surface area contributed by atoms with E-state index in [-0.39, 0.29) is 19.1 Å². The molecule has 0 radical (unpaired) electrons. The molecule has 0 unspecified atom stereocenters. The maximum Gasteiger partial charge on any atom is 0.246 e. The number of nitrogens with zero attached hydrogens (tertiary/aromatic N) is 2. The van der Waals surface area contributed by atoms with Gasteiger partial charge in [0.15, 0.2) is 0 Å². The maximum absolute atomic E-state index is 11.9. The summed E-state index contributed by atoms with van der Waals surface area (Å²) in [6.07, 6.45) is 0.625. The Morgan fingerprint density at radius 3 is 2.55 bits per heavy atom. The molecule has 1 aromatic carbocycles. The topological polar surface area (TPSA) is 67.2 Å². The first kappa shape index (κ1) is 14.3. The predicted octanol–water partition coefficient (Wildman–Crippen LogP) is 1.67. The number of hydrogen-bond acceptors (Lipinski definition) is 3. The first-order valence-electron chi connectivity index (χ1n) is 6.59.